The Labute approximate surface area is 149 Å². The number of carbonyl (C=O) groups excluding carboxylic acids is 1. The highest BCUT2D eigenvalue weighted by molar-refractivity contribution is 6.30. The Morgan fingerprint density at radius 1 is 0.667 bits per heavy atom. The van der Waals surface area contributed by atoms with Crippen molar-refractivity contribution < 1.29 is 14.3 Å². The van der Waals surface area contributed by atoms with E-state index in [2.05, 4.69) is 0 Å². The van der Waals surface area contributed by atoms with Crippen molar-refractivity contribution in [2.75, 3.05) is 0 Å². The lowest BCUT2D eigenvalue weighted by atomic mass is 10.2. The van der Waals surface area contributed by atoms with Crippen LogP contribution in [0.15, 0.2) is 66.7 Å². The highest BCUT2D eigenvalue weighted by Crippen LogP contribution is 2.36. The first-order chi connectivity index (χ1) is 11.6. The molecule has 0 aliphatic carbocycles. The van der Waals surface area contributed by atoms with E-state index in [0.29, 0.717) is 38.6 Å². The fourth-order valence-electron chi connectivity index (χ4n) is 2.02. The zero-order chi connectivity index (χ0) is 16.9. The molecule has 0 fully saturated rings. The van der Waals surface area contributed by atoms with Gasteiger partial charge in [0.25, 0.3) is 0 Å². The van der Waals surface area contributed by atoms with Crippen LogP contribution in [0.1, 0.15) is 10.4 Å². The van der Waals surface area contributed by atoms with Crippen LogP contribution in [0.25, 0.3) is 0 Å². The first-order valence-electron chi connectivity index (χ1n) is 7.10. The lowest BCUT2D eigenvalue weighted by molar-refractivity contribution is 0.112. The molecule has 0 aliphatic heterocycles. The van der Waals surface area contributed by atoms with Crippen molar-refractivity contribution in [2.24, 2.45) is 0 Å². The third-order valence-electron chi connectivity index (χ3n) is 3.19. The Morgan fingerprint density at radius 3 is 1.67 bits per heavy atom. The van der Waals surface area contributed by atoms with Crippen LogP contribution >= 0.6 is 23.2 Å². The molecule has 0 amide bonds. The summed E-state index contributed by atoms with van der Waals surface area (Å²) in [5, 5.41) is 1.23. The summed E-state index contributed by atoms with van der Waals surface area (Å²) < 4.78 is 11.7. The smallest absolute Gasteiger partial charge is 0.170 e. The number of aldehydes is 1. The van der Waals surface area contributed by atoms with Gasteiger partial charge < -0.3 is 9.47 Å². The maximum Gasteiger partial charge on any atom is 0.170 e. The average molecular weight is 359 g/mol. The Hall–Kier alpha value is -2.49. The molecule has 0 heterocycles. The Morgan fingerprint density at radius 2 is 1.17 bits per heavy atom. The van der Waals surface area contributed by atoms with Crippen LogP contribution in [0.5, 0.6) is 23.0 Å². The molecular formula is C19H12Cl2O3. The minimum atomic E-state index is 0.428. The highest BCUT2D eigenvalue weighted by atomic mass is 35.5. The van der Waals surface area contributed by atoms with Crippen molar-refractivity contribution in [1.82, 2.24) is 0 Å². The minimum absolute atomic E-state index is 0.428. The third kappa shape index (κ3) is 4.07. The average Bonchev–Trinajstić information content (AvgIpc) is 2.60. The van der Waals surface area contributed by atoms with Crippen molar-refractivity contribution in [3.8, 4) is 23.0 Å². The van der Waals surface area contributed by atoms with E-state index in [1.54, 1.807) is 66.7 Å². The molecule has 0 bridgehead atoms. The van der Waals surface area contributed by atoms with Gasteiger partial charge in [0.15, 0.2) is 11.5 Å². The van der Waals surface area contributed by atoms with Crippen LogP contribution in [-0.2, 0) is 0 Å². The van der Waals surface area contributed by atoms with E-state index in [1.165, 1.54) is 0 Å². The van der Waals surface area contributed by atoms with Crippen LogP contribution in [0, 0.1) is 0 Å². The summed E-state index contributed by atoms with van der Waals surface area (Å²) in [6.45, 7) is 0. The molecule has 0 aromatic heterocycles. The van der Waals surface area contributed by atoms with E-state index >= 15 is 0 Å². The Bertz CT molecular complexity index is 843. The Balaban J connectivity index is 1.91. The summed E-state index contributed by atoms with van der Waals surface area (Å²) in [5.74, 6) is 2.11. The number of ether oxygens (including phenoxy) is 2. The second-order valence-electron chi connectivity index (χ2n) is 4.94. The van der Waals surface area contributed by atoms with Crippen molar-refractivity contribution in [1.29, 1.82) is 0 Å². The van der Waals surface area contributed by atoms with Gasteiger partial charge in [-0.15, -0.1) is 0 Å². The molecule has 0 aliphatic rings. The lowest BCUT2D eigenvalue weighted by Gasteiger charge is -2.13. The molecule has 0 unspecified atom stereocenters. The van der Waals surface area contributed by atoms with E-state index < -0.39 is 0 Å². The van der Waals surface area contributed by atoms with Gasteiger partial charge in [-0.25, -0.2) is 0 Å². The van der Waals surface area contributed by atoms with Crippen molar-refractivity contribution >= 4 is 29.5 Å². The fraction of sp³-hybridized carbons (Fsp3) is 0. The van der Waals surface area contributed by atoms with Gasteiger partial charge >= 0.3 is 0 Å². The number of halogens is 2. The van der Waals surface area contributed by atoms with Crippen LogP contribution in [0.4, 0.5) is 0 Å². The topological polar surface area (TPSA) is 35.5 Å². The van der Waals surface area contributed by atoms with Crippen LogP contribution < -0.4 is 9.47 Å². The van der Waals surface area contributed by atoms with Crippen LogP contribution in [0.2, 0.25) is 10.0 Å². The molecule has 0 radical (unpaired) electrons. The zero-order valence-electron chi connectivity index (χ0n) is 12.4. The highest BCUT2D eigenvalue weighted by Gasteiger charge is 2.09. The number of carbonyl (C=O) groups is 1. The molecule has 5 heteroatoms. The predicted octanol–water partition coefficient (Wildman–Crippen LogP) is 6.39. The van der Waals surface area contributed by atoms with E-state index in [0.717, 1.165) is 6.29 Å². The maximum absolute atomic E-state index is 11.0. The van der Waals surface area contributed by atoms with Gasteiger partial charge in [0.2, 0.25) is 0 Å². The van der Waals surface area contributed by atoms with Crippen LogP contribution in [-0.4, -0.2) is 6.29 Å². The molecule has 3 nitrogen and oxygen atoms in total. The fourth-order valence-corrected chi connectivity index (χ4v) is 2.27. The van der Waals surface area contributed by atoms with Gasteiger partial charge in [-0.3, -0.25) is 4.79 Å². The van der Waals surface area contributed by atoms with Gasteiger partial charge in [-0.1, -0.05) is 23.2 Å². The molecule has 0 saturated carbocycles. The summed E-state index contributed by atoms with van der Waals surface area (Å²) in [6, 6.07) is 18.9. The first kappa shape index (κ1) is 16.4. The summed E-state index contributed by atoms with van der Waals surface area (Å²) in [5.41, 5.74) is 0.488. The predicted molar refractivity (Wildman–Crippen MR) is 94.9 cm³/mol. The van der Waals surface area contributed by atoms with Gasteiger partial charge in [-0.2, -0.15) is 0 Å². The first-order valence-corrected chi connectivity index (χ1v) is 7.86. The summed E-state index contributed by atoms with van der Waals surface area (Å²) >= 11 is 11.8. The second kappa shape index (κ2) is 7.39. The van der Waals surface area contributed by atoms with Gasteiger partial charge in [0.1, 0.15) is 17.8 Å². The molecule has 24 heavy (non-hydrogen) atoms. The summed E-state index contributed by atoms with van der Waals surface area (Å²) in [7, 11) is 0. The van der Waals surface area contributed by atoms with Crippen molar-refractivity contribution in [3.63, 3.8) is 0 Å². The quantitative estimate of drug-likeness (QED) is 0.495. The lowest BCUT2D eigenvalue weighted by Crippen LogP contribution is -1.92. The maximum atomic E-state index is 11.0. The molecule has 120 valence electrons. The van der Waals surface area contributed by atoms with Crippen molar-refractivity contribution in [2.45, 2.75) is 0 Å². The van der Waals surface area contributed by atoms with E-state index in [1.807, 2.05) is 0 Å². The summed E-state index contributed by atoms with van der Waals surface area (Å²) in [6.07, 6.45) is 0.751. The van der Waals surface area contributed by atoms with E-state index in [9.17, 15) is 4.79 Å². The number of hydrogen-bond acceptors (Lipinski definition) is 3. The molecule has 0 N–H and O–H groups in total. The van der Waals surface area contributed by atoms with Crippen molar-refractivity contribution in [3.05, 3.63) is 82.3 Å². The SMILES string of the molecule is O=Cc1ccc(Oc2ccc(Cl)cc2)c(Oc2ccc(Cl)cc2)c1. The molecule has 3 rings (SSSR count). The Kier molecular flexibility index (Phi) is 5.04. The number of benzene rings is 3. The molecule has 0 saturated heterocycles. The zero-order valence-corrected chi connectivity index (χ0v) is 13.9. The normalized spacial score (nSPS) is 10.2. The molecule has 3 aromatic rings. The largest absolute Gasteiger partial charge is 0.453 e. The third-order valence-corrected chi connectivity index (χ3v) is 3.69. The van der Waals surface area contributed by atoms with Crippen LogP contribution in [0.3, 0.4) is 0 Å². The van der Waals surface area contributed by atoms with Gasteiger partial charge in [0.05, 0.1) is 0 Å². The number of rotatable bonds is 5. The molecule has 0 atom stereocenters. The van der Waals surface area contributed by atoms with E-state index in [-0.39, 0.29) is 0 Å². The standard InChI is InChI=1S/C19H12Cl2O3/c20-14-2-6-16(7-3-14)23-18-10-1-13(12-22)11-19(18)24-17-8-4-15(21)5-9-17/h1-12H. The van der Waals surface area contributed by atoms with Gasteiger partial charge in [0, 0.05) is 15.6 Å². The number of hydrogen-bond donors (Lipinski definition) is 0. The second-order valence-corrected chi connectivity index (χ2v) is 5.81. The molecular weight excluding hydrogens is 347 g/mol. The monoisotopic (exact) mass is 358 g/mol. The molecule has 0 spiro atoms. The van der Waals surface area contributed by atoms with E-state index in [4.69, 9.17) is 32.7 Å². The summed E-state index contributed by atoms with van der Waals surface area (Å²) in [4.78, 5) is 11.0. The minimum Gasteiger partial charge on any atom is -0.453 e. The molecule has 3 aromatic carbocycles. The van der Waals surface area contributed by atoms with Gasteiger partial charge in [-0.05, 0) is 66.7 Å².